The molecule has 2 rings (SSSR count). The Labute approximate surface area is 107 Å². The Hall–Kier alpha value is -2.16. The van der Waals surface area contributed by atoms with Crippen molar-refractivity contribution in [1.82, 2.24) is 0 Å². The highest BCUT2D eigenvalue weighted by Gasteiger charge is 2.05. The summed E-state index contributed by atoms with van der Waals surface area (Å²) in [5.74, 6) is 1.59. The molecular formula is C15H17NO2. The van der Waals surface area contributed by atoms with Crippen LogP contribution < -0.4 is 15.2 Å². The summed E-state index contributed by atoms with van der Waals surface area (Å²) in [6, 6.07) is 11.9. The molecule has 0 unspecified atom stereocenters. The highest BCUT2D eigenvalue weighted by Crippen LogP contribution is 2.30. The molecule has 2 aromatic carbocycles. The van der Waals surface area contributed by atoms with Gasteiger partial charge in [0.1, 0.15) is 11.5 Å². The Bertz CT molecular complexity index is 513. The smallest absolute Gasteiger partial charge is 0.141 e. The van der Waals surface area contributed by atoms with Gasteiger partial charge in [-0.05, 0) is 47.9 Å². The van der Waals surface area contributed by atoms with E-state index in [-0.39, 0.29) is 0 Å². The minimum absolute atomic E-state index is 0.642. The molecule has 0 aliphatic heterocycles. The average Bonchev–Trinajstić information content (AvgIpc) is 2.38. The van der Waals surface area contributed by atoms with Gasteiger partial charge in [0.2, 0.25) is 0 Å². The van der Waals surface area contributed by atoms with Crippen LogP contribution >= 0.6 is 0 Å². The van der Waals surface area contributed by atoms with Crippen LogP contribution in [0.1, 0.15) is 5.56 Å². The van der Waals surface area contributed by atoms with Gasteiger partial charge in [-0.2, -0.15) is 0 Å². The van der Waals surface area contributed by atoms with Gasteiger partial charge in [-0.15, -0.1) is 0 Å². The van der Waals surface area contributed by atoms with E-state index in [4.69, 9.17) is 15.2 Å². The number of anilines is 1. The molecule has 3 nitrogen and oxygen atoms in total. The van der Waals surface area contributed by atoms with Crippen molar-refractivity contribution in [2.24, 2.45) is 0 Å². The third-order valence-corrected chi connectivity index (χ3v) is 2.96. The summed E-state index contributed by atoms with van der Waals surface area (Å²) < 4.78 is 10.4. The van der Waals surface area contributed by atoms with Crippen molar-refractivity contribution in [1.29, 1.82) is 0 Å². The first-order chi connectivity index (χ1) is 8.65. The van der Waals surface area contributed by atoms with Crippen molar-refractivity contribution in [2.75, 3.05) is 20.0 Å². The first-order valence-corrected chi connectivity index (χ1v) is 5.74. The molecule has 0 amide bonds. The van der Waals surface area contributed by atoms with Crippen LogP contribution in [-0.4, -0.2) is 14.2 Å². The Morgan fingerprint density at radius 1 is 0.833 bits per heavy atom. The molecule has 0 fully saturated rings. The second-order valence-corrected chi connectivity index (χ2v) is 4.14. The van der Waals surface area contributed by atoms with Gasteiger partial charge in [-0.3, -0.25) is 0 Å². The minimum Gasteiger partial charge on any atom is -0.496 e. The van der Waals surface area contributed by atoms with E-state index in [0.717, 1.165) is 22.4 Å². The monoisotopic (exact) mass is 243 g/mol. The summed E-state index contributed by atoms with van der Waals surface area (Å²) in [5, 5.41) is 0. The topological polar surface area (TPSA) is 44.5 Å². The Morgan fingerprint density at radius 2 is 1.39 bits per heavy atom. The standard InChI is InChI=1S/C15H17NO2/c1-10-8-11(4-6-14(10)17-2)12-5-7-15(18-3)13(16)9-12/h4-9H,16H2,1-3H3. The second kappa shape index (κ2) is 5.00. The SMILES string of the molecule is COc1ccc(-c2ccc(OC)c(N)c2)cc1C. The van der Waals surface area contributed by atoms with Crippen LogP contribution in [0.25, 0.3) is 11.1 Å². The van der Waals surface area contributed by atoms with Gasteiger partial charge < -0.3 is 15.2 Å². The summed E-state index contributed by atoms with van der Waals surface area (Å²) in [6.07, 6.45) is 0. The fourth-order valence-corrected chi connectivity index (χ4v) is 1.97. The first kappa shape index (κ1) is 12.3. The Morgan fingerprint density at radius 3 is 1.89 bits per heavy atom. The number of rotatable bonds is 3. The number of aryl methyl sites for hydroxylation is 1. The largest absolute Gasteiger partial charge is 0.496 e. The lowest BCUT2D eigenvalue weighted by molar-refractivity contribution is 0.412. The fourth-order valence-electron chi connectivity index (χ4n) is 1.97. The zero-order valence-electron chi connectivity index (χ0n) is 10.9. The predicted molar refractivity (Wildman–Crippen MR) is 74.1 cm³/mol. The van der Waals surface area contributed by atoms with E-state index in [0.29, 0.717) is 11.4 Å². The van der Waals surface area contributed by atoms with Crippen LogP contribution in [-0.2, 0) is 0 Å². The maximum atomic E-state index is 5.91. The van der Waals surface area contributed by atoms with E-state index in [2.05, 4.69) is 6.07 Å². The molecule has 0 bridgehead atoms. The second-order valence-electron chi connectivity index (χ2n) is 4.14. The molecule has 0 aliphatic carbocycles. The molecule has 3 heteroatoms. The lowest BCUT2D eigenvalue weighted by atomic mass is 10.0. The zero-order valence-corrected chi connectivity index (χ0v) is 10.9. The van der Waals surface area contributed by atoms with Crippen molar-refractivity contribution in [3.63, 3.8) is 0 Å². The van der Waals surface area contributed by atoms with Gasteiger partial charge in [-0.25, -0.2) is 0 Å². The minimum atomic E-state index is 0.642. The molecule has 0 aliphatic rings. The van der Waals surface area contributed by atoms with E-state index >= 15 is 0 Å². The molecule has 0 radical (unpaired) electrons. The summed E-state index contributed by atoms with van der Waals surface area (Å²) in [5.41, 5.74) is 9.84. The predicted octanol–water partition coefficient (Wildman–Crippen LogP) is 3.26. The van der Waals surface area contributed by atoms with Crippen LogP contribution in [0.2, 0.25) is 0 Å². The van der Waals surface area contributed by atoms with Crippen LogP contribution in [0.15, 0.2) is 36.4 Å². The van der Waals surface area contributed by atoms with Gasteiger partial charge in [0, 0.05) is 0 Å². The van der Waals surface area contributed by atoms with E-state index in [9.17, 15) is 0 Å². The lowest BCUT2D eigenvalue weighted by Crippen LogP contribution is -1.93. The summed E-state index contributed by atoms with van der Waals surface area (Å²) >= 11 is 0. The first-order valence-electron chi connectivity index (χ1n) is 5.74. The molecule has 0 atom stereocenters. The van der Waals surface area contributed by atoms with Gasteiger partial charge in [0.15, 0.2) is 0 Å². The maximum absolute atomic E-state index is 5.91. The number of benzene rings is 2. The van der Waals surface area contributed by atoms with Crippen LogP contribution in [0.3, 0.4) is 0 Å². The molecular weight excluding hydrogens is 226 g/mol. The summed E-state index contributed by atoms with van der Waals surface area (Å²) in [4.78, 5) is 0. The van der Waals surface area contributed by atoms with Crippen molar-refractivity contribution < 1.29 is 9.47 Å². The highest BCUT2D eigenvalue weighted by molar-refractivity contribution is 5.71. The van der Waals surface area contributed by atoms with E-state index in [1.165, 1.54) is 0 Å². The zero-order chi connectivity index (χ0) is 13.1. The van der Waals surface area contributed by atoms with E-state index in [1.807, 2.05) is 37.3 Å². The van der Waals surface area contributed by atoms with Crippen molar-refractivity contribution in [3.8, 4) is 22.6 Å². The van der Waals surface area contributed by atoms with Crippen LogP contribution in [0, 0.1) is 6.92 Å². The molecule has 2 aromatic rings. The van der Waals surface area contributed by atoms with Crippen molar-refractivity contribution in [3.05, 3.63) is 42.0 Å². The molecule has 0 saturated heterocycles. The molecule has 18 heavy (non-hydrogen) atoms. The lowest BCUT2D eigenvalue weighted by Gasteiger charge is -2.10. The average molecular weight is 243 g/mol. The summed E-state index contributed by atoms with van der Waals surface area (Å²) in [6.45, 7) is 2.02. The Balaban J connectivity index is 2.42. The van der Waals surface area contributed by atoms with E-state index in [1.54, 1.807) is 14.2 Å². The number of hydrogen-bond acceptors (Lipinski definition) is 3. The molecule has 0 aromatic heterocycles. The third kappa shape index (κ3) is 2.25. The molecule has 0 heterocycles. The van der Waals surface area contributed by atoms with Gasteiger partial charge >= 0.3 is 0 Å². The Kier molecular flexibility index (Phi) is 3.42. The highest BCUT2D eigenvalue weighted by atomic mass is 16.5. The number of ether oxygens (including phenoxy) is 2. The molecule has 94 valence electrons. The number of methoxy groups -OCH3 is 2. The van der Waals surface area contributed by atoms with Crippen LogP contribution in [0.4, 0.5) is 5.69 Å². The molecule has 0 spiro atoms. The van der Waals surface area contributed by atoms with Gasteiger partial charge in [-0.1, -0.05) is 12.1 Å². The van der Waals surface area contributed by atoms with Crippen molar-refractivity contribution >= 4 is 5.69 Å². The van der Waals surface area contributed by atoms with Crippen LogP contribution in [0.5, 0.6) is 11.5 Å². The van der Waals surface area contributed by atoms with E-state index < -0.39 is 0 Å². The number of nitrogen functional groups attached to an aromatic ring is 1. The maximum Gasteiger partial charge on any atom is 0.141 e. The number of nitrogens with two attached hydrogens (primary N) is 1. The quantitative estimate of drug-likeness (QED) is 0.841. The number of hydrogen-bond donors (Lipinski definition) is 1. The molecule has 0 saturated carbocycles. The van der Waals surface area contributed by atoms with Gasteiger partial charge in [0.25, 0.3) is 0 Å². The summed E-state index contributed by atoms with van der Waals surface area (Å²) in [7, 11) is 3.29. The van der Waals surface area contributed by atoms with Gasteiger partial charge in [0.05, 0.1) is 19.9 Å². The molecule has 2 N–H and O–H groups in total. The normalized spacial score (nSPS) is 10.2. The third-order valence-electron chi connectivity index (χ3n) is 2.96. The fraction of sp³-hybridized carbons (Fsp3) is 0.200. The van der Waals surface area contributed by atoms with Crippen molar-refractivity contribution in [2.45, 2.75) is 6.92 Å².